The van der Waals surface area contributed by atoms with Gasteiger partial charge in [-0.25, -0.2) is 0 Å². The number of carbonyl (C=O) groups is 1. The van der Waals surface area contributed by atoms with Crippen molar-refractivity contribution in [2.75, 3.05) is 26.4 Å². The number of amides is 1. The molecule has 3 saturated heterocycles. The highest BCUT2D eigenvalue weighted by Crippen LogP contribution is 2.33. The van der Waals surface area contributed by atoms with Crippen molar-refractivity contribution in [2.45, 2.75) is 362 Å². The van der Waals surface area contributed by atoms with Crippen LogP contribution in [-0.2, 0) is 33.2 Å². The second-order valence-electron chi connectivity index (χ2n) is 25.0. The van der Waals surface area contributed by atoms with Gasteiger partial charge in [-0.2, -0.15) is 0 Å². The van der Waals surface area contributed by atoms with Crippen molar-refractivity contribution in [3.63, 3.8) is 0 Å². The van der Waals surface area contributed by atoms with Gasteiger partial charge in [-0.1, -0.05) is 237 Å². The monoisotopic (exact) mass is 1240 g/mol. The maximum atomic E-state index is 13.4. The second kappa shape index (κ2) is 50.6. The van der Waals surface area contributed by atoms with Gasteiger partial charge in [-0.3, -0.25) is 4.79 Å². The first-order valence-corrected chi connectivity index (χ1v) is 34.7. The van der Waals surface area contributed by atoms with Crippen LogP contribution in [0.5, 0.6) is 0 Å². The lowest BCUT2D eigenvalue weighted by molar-refractivity contribution is -0.379. The van der Waals surface area contributed by atoms with Crippen LogP contribution in [0.15, 0.2) is 36.5 Å². The van der Waals surface area contributed by atoms with Crippen molar-refractivity contribution in [3.8, 4) is 0 Å². The largest absolute Gasteiger partial charge is 0.394 e. The lowest BCUT2D eigenvalue weighted by atomic mass is 9.96. The highest BCUT2D eigenvalue weighted by atomic mass is 16.8. The molecule has 3 rings (SSSR count). The average Bonchev–Trinajstić information content (AvgIpc) is 2.87. The quantitative estimate of drug-likeness (QED) is 0.0200. The highest BCUT2D eigenvalue weighted by Gasteiger charge is 2.53. The van der Waals surface area contributed by atoms with E-state index in [2.05, 4.69) is 55.6 Å². The Kier molecular flexibility index (Phi) is 46.0. The Bertz CT molecular complexity index is 1720. The molecular weight excluding hydrogens is 1120 g/mol. The predicted molar refractivity (Wildman–Crippen MR) is 337 cm³/mol. The zero-order valence-electron chi connectivity index (χ0n) is 53.8. The molecule has 0 aromatic heterocycles. The van der Waals surface area contributed by atoms with Gasteiger partial charge in [0.1, 0.15) is 73.2 Å². The molecule has 17 unspecified atom stereocenters. The van der Waals surface area contributed by atoms with Crippen molar-refractivity contribution >= 4 is 5.91 Å². The first-order chi connectivity index (χ1) is 42.3. The number of hydrogen-bond acceptors (Lipinski definition) is 18. The van der Waals surface area contributed by atoms with Crippen molar-refractivity contribution < 1.29 is 89.4 Å². The topological polar surface area (TPSA) is 307 Å². The van der Waals surface area contributed by atoms with E-state index < -0.39 is 124 Å². The van der Waals surface area contributed by atoms with Gasteiger partial charge in [0.2, 0.25) is 5.91 Å². The summed E-state index contributed by atoms with van der Waals surface area (Å²) in [7, 11) is 0. The molecule has 3 aliphatic heterocycles. The smallest absolute Gasteiger partial charge is 0.220 e. The maximum Gasteiger partial charge on any atom is 0.220 e. The van der Waals surface area contributed by atoms with Gasteiger partial charge in [-0.05, 0) is 51.4 Å². The van der Waals surface area contributed by atoms with Crippen molar-refractivity contribution in [1.29, 1.82) is 0 Å². The van der Waals surface area contributed by atoms with Crippen LogP contribution in [0.3, 0.4) is 0 Å². The average molecular weight is 1240 g/mol. The molecule has 0 bridgehead atoms. The fraction of sp³-hybridized carbons (Fsp3) is 0.897. The fourth-order valence-electron chi connectivity index (χ4n) is 11.8. The molecule has 19 heteroatoms. The van der Waals surface area contributed by atoms with E-state index in [1.807, 2.05) is 0 Å². The van der Waals surface area contributed by atoms with Crippen LogP contribution in [-0.4, -0.2) is 193 Å². The first kappa shape index (κ1) is 79.2. The molecule has 19 nitrogen and oxygen atoms in total. The summed E-state index contributed by atoms with van der Waals surface area (Å²) < 4.78 is 34.4. The summed E-state index contributed by atoms with van der Waals surface area (Å²) in [6.45, 7) is 1.78. The molecule has 0 saturated carbocycles. The number of ether oxygens (including phenoxy) is 6. The van der Waals surface area contributed by atoms with Gasteiger partial charge in [-0.15, -0.1) is 0 Å². The van der Waals surface area contributed by atoms with Crippen LogP contribution >= 0.6 is 0 Å². The molecule has 1 amide bonds. The molecule has 3 fully saturated rings. The van der Waals surface area contributed by atoms with Crippen molar-refractivity contribution in [2.24, 2.45) is 0 Å². The zero-order chi connectivity index (χ0) is 63.3. The third-order valence-electron chi connectivity index (χ3n) is 17.5. The Morgan fingerprint density at radius 2 is 0.759 bits per heavy atom. The number of allylic oxidation sites excluding steroid dienone is 6. The van der Waals surface area contributed by atoms with E-state index in [-0.39, 0.29) is 18.9 Å². The van der Waals surface area contributed by atoms with E-state index in [9.17, 15) is 61.0 Å². The summed E-state index contributed by atoms with van der Waals surface area (Å²) in [6.07, 6.45) is 30.7. The Morgan fingerprint density at radius 1 is 0.414 bits per heavy atom. The molecule has 0 aromatic rings. The summed E-state index contributed by atoms with van der Waals surface area (Å²) in [5.74, 6) is -0.253. The first-order valence-electron chi connectivity index (χ1n) is 34.7. The van der Waals surface area contributed by atoms with Crippen LogP contribution < -0.4 is 5.32 Å². The number of unbranched alkanes of at least 4 members (excludes halogenated alkanes) is 31. The van der Waals surface area contributed by atoms with Gasteiger partial charge in [0.15, 0.2) is 18.9 Å². The molecule has 17 atom stereocenters. The van der Waals surface area contributed by atoms with Crippen LogP contribution in [0.1, 0.15) is 258 Å². The number of aliphatic hydroxyl groups excluding tert-OH is 11. The van der Waals surface area contributed by atoms with Crippen molar-refractivity contribution in [3.05, 3.63) is 36.5 Å². The molecule has 510 valence electrons. The summed E-state index contributed by atoms with van der Waals surface area (Å²) in [6, 6.07) is -0.895. The van der Waals surface area contributed by atoms with Crippen LogP contribution in [0, 0.1) is 0 Å². The molecule has 3 heterocycles. The van der Waals surface area contributed by atoms with Gasteiger partial charge >= 0.3 is 0 Å². The SMILES string of the molecule is CCCCC/C=C\C/C=C\C/C=C\CCCCCCCCC(=O)NC(COC1OC(CO)C(OC2OC(CO)C(OC3OC(CO)C(O)C(O)C3O)C(O)C2O)C(O)C1O)C(O)CCCCCCCCCCCCCCCCCCCCCCCCC. The number of aliphatic hydroxyl groups is 11. The second-order valence-corrected chi connectivity index (χ2v) is 25.0. The normalized spacial score (nSPS) is 28.8. The molecule has 12 N–H and O–H groups in total. The Balaban J connectivity index is 1.44. The third-order valence-corrected chi connectivity index (χ3v) is 17.5. The molecule has 0 aromatic carbocycles. The molecule has 87 heavy (non-hydrogen) atoms. The van der Waals surface area contributed by atoms with E-state index >= 15 is 0 Å². The standard InChI is InChI=1S/C68H125NO18/c1-3-5-7-9-11-13-15-17-19-21-23-24-25-26-28-29-31-33-35-37-39-41-43-45-52(73)51(69-56(74)46-44-42-40-38-36-34-32-30-27-22-20-18-16-14-12-10-8-6-4-2)50-82-66-62(80)59(77)64(54(48-71)84-66)87-68-63(81)60(78)65(55(49-72)85-68)86-67-61(79)58(76)57(75)53(47-70)83-67/h12,14,18,20,27,30,51-55,57-68,70-73,75-81H,3-11,13,15-17,19,21-26,28-29,31-50H2,1-2H3,(H,69,74)/b14-12-,20-18-,30-27-. The van der Waals surface area contributed by atoms with Crippen molar-refractivity contribution in [1.82, 2.24) is 5.32 Å². The maximum absolute atomic E-state index is 13.4. The lowest BCUT2D eigenvalue weighted by Crippen LogP contribution is -2.66. The minimum Gasteiger partial charge on any atom is -0.394 e. The minimum atomic E-state index is -1.97. The summed E-state index contributed by atoms with van der Waals surface area (Å²) in [5.41, 5.74) is 0. The minimum absolute atomic E-state index is 0.252. The third kappa shape index (κ3) is 32.9. The van der Waals surface area contributed by atoms with Gasteiger partial charge in [0, 0.05) is 6.42 Å². The molecular formula is C68H125NO18. The van der Waals surface area contributed by atoms with Crippen LogP contribution in [0.4, 0.5) is 0 Å². The Morgan fingerprint density at radius 3 is 1.21 bits per heavy atom. The van der Waals surface area contributed by atoms with Gasteiger partial charge < -0.3 is 89.9 Å². The number of carbonyl (C=O) groups excluding carboxylic acids is 1. The number of hydrogen-bond donors (Lipinski definition) is 12. The molecule has 0 radical (unpaired) electrons. The number of rotatable bonds is 53. The highest BCUT2D eigenvalue weighted by molar-refractivity contribution is 5.76. The Labute approximate surface area is 523 Å². The predicted octanol–water partition coefficient (Wildman–Crippen LogP) is 8.83. The Hall–Kier alpha value is -1.99. The lowest BCUT2D eigenvalue weighted by Gasteiger charge is -2.48. The van der Waals surface area contributed by atoms with Crippen LogP contribution in [0.25, 0.3) is 0 Å². The summed E-state index contributed by atoms with van der Waals surface area (Å²) in [5, 5.41) is 121. The van der Waals surface area contributed by atoms with E-state index in [0.29, 0.717) is 12.8 Å². The zero-order valence-corrected chi connectivity index (χ0v) is 53.8. The molecule has 3 aliphatic rings. The van der Waals surface area contributed by atoms with Crippen LogP contribution in [0.2, 0.25) is 0 Å². The molecule has 0 spiro atoms. The summed E-state index contributed by atoms with van der Waals surface area (Å²) in [4.78, 5) is 13.4. The summed E-state index contributed by atoms with van der Waals surface area (Å²) >= 11 is 0. The van der Waals surface area contributed by atoms with E-state index in [0.717, 1.165) is 83.5 Å². The van der Waals surface area contributed by atoms with E-state index in [1.165, 1.54) is 141 Å². The molecule has 0 aliphatic carbocycles. The number of nitrogens with one attached hydrogen (secondary N) is 1. The van der Waals surface area contributed by atoms with E-state index in [4.69, 9.17) is 28.4 Å². The van der Waals surface area contributed by atoms with E-state index in [1.54, 1.807) is 0 Å². The fourth-order valence-corrected chi connectivity index (χ4v) is 11.8. The van der Waals surface area contributed by atoms with Gasteiger partial charge in [0.05, 0.1) is 38.6 Å². The van der Waals surface area contributed by atoms with Gasteiger partial charge in [0.25, 0.3) is 0 Å².